The summed E-state index contributed by atoms with van der Waals surface area (Å²) in [4.78, 5) is 16.9. The fourth-order valence-corrected chi connectivity index (χ4v) is 3.11. The van der Waals surface area contributed by atoms with Crippen LogP contribution < -0.4 is 10.2 Å². The molecule has 0 saturated carbocycles. The van der Waals surface area contributed by atoms with Crippen molar-refractivity contribution in [1.82, 2.24) is 5.48 Å². The van der Waals surface area contributed by atoms with E-state index in [2.05, 4.69) is 5.48 Å². The second-order valence-corrected chi connectivity index (χ2v) is 7.28. The summed E-state index contributed by atoms with van der Waals surface area (Å²) in [6, 6.07) is 21.6. The highest BCUT2D eigenvalue weighted by molar-refractivity contribution is 5.80. The van der Waals surface area contributed by atoms with Gasteiger partial charge in [-0.25, -0.2) is 9.18 Å². The van der Waals surface area contributed by atoms with E-state index in [1.54, 1.807) is 31.2 Å². The Hall–Kier alpha value is -3.64. The maximum Gasteiger partial charge on any atom is 0.344 e. The lowest BCUT2D eigenvalue weighted by Gasteiger charge is -2.17. The van der Waals surface area contributed by atoms with Crippen molar-refractivity contribution in [2.45, 2.75) is 33.0 Å². The van der Waals surface area contributed by atoms with E-state index in [9.17, 15) is 14.3 Å². The van der Waals surface area contributed by atoms with E-state index >= 15 is 0 Å². The summed E-state index contributed by atoms with van der Waals surface area (Å²) in [6.45, 7) is 3.67. The third-order valence-electron chi connectivity index (χ3n) is 4.88. The van der Waals surface area contributed by atoms with E-state index in [1.165, 1.54) is 6.07 Å². The smallest absolute Gasteiger partial charge is 0.344 e. The van der Waals surface area contributed by atoms with Gasteiger partial charge in [0.15, 0.2) is 6.10 Å². The highest BCUT2D eigenvalue weighted by Crippen LogP contribution is 2.25. The minimum atomic E-state index is -0.996. The van der Waals surface area contributed by atoms with Gasteiger partial charge in [-0.15, -0.1) is 0 Å². The molecule has 6 heteroatoms. The van der Waals surface area contributed by atoms with Crippen molar-refractivity contribution in [3.63, 3.8) is 0 Å². The van der Waals surface area contributed by atoms with Crippen LogP contribution in [0.25, 0.3) is 11.8 Å². The fourth-order valence-electron chi connectivity index (χ4n) is 3.11. The normalized spacial score (nSPS) is 12.3. The number of hydrogen-bond donors (Lipinski definition) is 2. The van der Waals surface area contributed by atoms with Crippen LogP contribution in [0.1, 0.15) is 35.6 Å². The van der Waals surface area contributed by atoms with Crippen LogP contribution in [-0.4, -0.2) is 17.2 Å². The molecule has 3 aromatic rings. The molecule has 0 radical (unpaired) electrons. The summed E-state index contributed by atoms with van der Waals surface area (Å²) >= 11 is 0. The number of rotatable bonds is 10. The van der Waals surface area contributed by atoms with Gasteiger partial charge in [0.25, 0.3) is 0 Å². The zero-order valence-electron chi connectivity index (χ0n) is 18.0. The maximum absolute atomic E-state index is 13.9. The molecule has 2 N–H and O–H groups in total. The van der Waals surface area contributed by atoms with Crippen molar-refractivity contribution >= 4 is 17.7 Å². The summed E-state index contributed by atoms with van der Waals surface area (Å²) in [7, 11) is 0. The predicted octanol–water partition coefficient (Wildman–Crippen LogP) is 5.60. The summed E-state index contributed by atoms with van der Waals surface area (Å²) in [5, 5.41) is 9.26. The number of benzene rings is 3. The van der Waals surface area contributed by atoms with Gasteiger partial charge in [-0.2, -0.15) is 0 Å². The zero-order valence-corrected chi connectivity index (χ0v) is 18.0. The number of hydrogen-bond acceptors (Lipinski definition) is 4. The van der Waals surface area contributed by atoms with Gasteiger partial charge in [0, 0.05) is 11.1 Å². The van der Waals surface area contributed by atoms with E-state index in [-0.39, 0.29) is 12.4 Å². The first kappa shape index (κ1) is 23.0. The van der Waals surface area contributed by atoms with E-state index in [1.807, 2.05) is 55.5 Å². The Labute approximate surface area is 187 Å². The van der Waals surface area contributed by atoms with Gasteiger partial charge in [-0.1, -0.05) is 55.5 Å². The van der Waals surface area contributed by atoms with Crippen molar-refractivity contribution in [1.29, 1.82) is 0 Å². The van der Waals surface area contributed by atoms with Crippen molar-refractivity contribution in [3.05, 3.63) is 101 Å². The van der Waals surface area contributed by atoms with Crippen molar-refractivity contribution in [2.24, 2.45) is 0 Å². The first-order chi connectivity index (χ1) is 15.5. The van der Waals surface area contributed by atoms with Crippen LogP contribution in [-0.2, 0) is 16.2 Å². The third kappa shape index (κ3) is 6.18. The van der Waals surface area contributed by atoms with E-state index in [4.69, 9.17) is 9.57 Å². The Kier molecular flexibility index (Phi) is 8.00. The lowest BCUT2D eigenvalue weighted by atomic mass is 10.1. The summed E-state index contributed by atoms with van der Waals surface area (Å²) in [6.07, 6.45) is 1.38. The largest absolute Gasteiger partial charge is 0.479 e. The molecular formula is C26H26FNO4. The number of carboxylic acids is 1. The predicted molar refractivity (Wildman–Crippen MR) is 122 cm³/mol. The average molecular weight is 435 g/mol. The molecule has 0 spiro atoms. The highest BCUT2D eigenvalue weighted by atomic mass is 19.1. The van der Waals surface area contributed by atoms with Gasteiger partial charge in [0.2, 0.25) is 0 Å². The Bertz CT molecular complexity index is 1080. The number of carbonyl (C=O) groups is 1. The standard InChI is InChI=1S/C26H26FNO4/c1-3-24(26(29)30)32-25-14-13-20(15-18(25)2)23(16-19-9-5-4-6-10-19)28-31-17-21-11-7-8-12-22(21)27/h4-16,24,28H,3,17H2,1-2H3,(H,29,30). The SMILES string of the molecule is CCC(Oc1ccc(C(=Cc2ccccc2)NOCc2ccccc2F)cc1C)C(=O)O. The lowest BCUT2D eigenvalue weighted by Crippen LogP contribution is -2.26. The highest BCUT2D eigenvalue weighted by Gasteiger charge is 2.18. The summed E-state index contributed by atoms with van der Waals surface area (Å²) in [5.41, 5.74) is 6.62. The molecule has 3 aromatic carbocycles. The molecule has 0 aliphatic carbocycles. The van der Waals surface area contributed by atoms with Crippen LogP contribution in [0.2, 0.25) is 0 Å². The summed E-state index contributed by atoms with van der Waals surface area (Å²) < 4.78 is 19.5. The van der Waals surface area contributed by atoms with E-state index < -0.39 is 12.1 Å². The molecule has 32 heavy (non-hydrogen) atoms. The van der Waals surface area contributed by atoms with Gasteiger partial charge < -0.3 is 9.84 Å². The lowest BCUT2D eigenvalue weighted by molar-refractivity contribution is -0.145. The van der Waals surface area contributed by atoms with E-state index in [0.717, 1.165) is 16.7 Å². The van der Waals surface area contributed by atoms with Gasteiger partial charge >= 0.3 is 5.97 Å². The van der Waals surface area contributed by atoms with Crippen LogP contribution in [0.15, 0.2) is 72.8 Å². The minimum absolute atomic E-state index is 0.0514. The Morgan fingerprint density at radius 3 is 2.47 bits per heavy atom. The topological polar surface area (TPSA) is 67.8 Å². The fraction of sp³-hybridized carbons (Fsp3) is 0.192. The molecule has 5 nitrogen and oxygen atoms in total. The Morgan fingerprint density at radius 1 is 1.09 bits per heavy atom. The van der Waals surface area contributed by atoms with Crippen LogP contribution in [0, 0.1) is 12.7 Å². The second kappa shape index (κ2) is 11.1. The molecule has 0 heterocycles. The van der Waals surface area contributed by atoms with Crippen molar-refractivity contribution in [2.75, 3.05) is 0 Å². The number of nitrogens with one attached hydrogen (secondary N) is 1. The number of halogens is 1. The number of aliphatic carboxylic acids is 1. The summed E-state index contributed by atoms with van der Waals surface area (Å²) in [5.74, 6) is -0.817. The third-order valence-corrected chi connectivity index (χ3v) is 4.88. The second-order valence-electron chi connectivity index (χ2n) is 7.28. The molecule has 0 bridgehead atoms. The Balaban J connectivity index is 1.83. The van der Waals surface area contributed by atoms with Gasteiger partial charge in [0.1, 0.15) is 18.2 Å². The number of aryl methyl sites for hydroxylation is 1. The van der Waals surface area contributed by atoms with Crippen LogP contribution in [0.3, 0.4) is 0 Å². The molecule has 0 amide bonds. The van der Waals surface area contributed by atoms with E-state index in [0.29, 0.717) is 23.4 Å². The van der Waals surface area contributed by atoms with Crippen molar-refractivity contribution in [3.8, 4) is 5.75 Å². The monoisotopic (exact) mass is 435 g/mol. The van der Waals surface area contributed by atoms with Gasteiger partial charge in [0.05, 0.1) is 5.70 Å². The quantitative estimate of drug-likeness (QED) is 0.321. The zero-order chi connectivity index (χ0) is 22.9. The number of hydroxylamine groups is 1. The van der Waals surface area contributed by atoms with Crippen molar-refractivity contribution < 1.29 is 23.9 Å². The van der Waals surface area contributed by atoms with Gasteiger partial charge in [-0.05, 0) is 54.8 Å². The molecule has 0 aliphatic heterocycles. The number of ether oxygens (including phenoxy) is 1. The van der Waals surface area contributed by atoms with Gasteiger partial charge in [-0.3, -0.25) is 10.3 Å². The molecule has 0 aliphatic rings. The first-order valence-corrected chi connectivity index (χ1v) is 10.4. The first-order valence-electron chi connectivity index (χ1n) is 10.4. The average Bonchev–Trinajstić information content (AvgIpc) is 2.79. The molecule has 0 saturated heterocycles. The minimum Gasteiger partial charge on any atom is -0.479 e. The Morgan fingerprint density at radius 2 is 1.81 bits per heavy atom. The molecule has 1 unspecified atom stereocenters. The van der Waals surface area contributed by atoms with Crippen LogP contribution in [0.4, 0.5) is 4.39 Å². The maximum atomic E-state index is 13.9. The molecule has 0 aromatic heterocycles. The molecule has 166 valence electrons. The molecule has 3 rings (SSSR count). The molecular weight excluding hydrogens is 409 g/mol. The molecule has 1 atom stereocenters. The van der Waals surface area contributed by atoms with Crippen LogP contribution in [0.5, 0.6) is 5.75 Å². The van der Waals surface area contributed by atoms with Crippen LogP contribution >= 0.6 is 0 Å². The molecule has 0 fully saturated rings. The number of carboxylic acid groups (broad SMARTS) is 1.